The van der Waals surface area contributed by atoms with Crippen molar-refractivity contribution in [2.45, 2.75) is 25.6 Å². The smallest absolute Gasteiger partial charge is 0.406 e. The molecule has 1 aromatic carbocycles. The molecule has 0 amide bonds. The third-order valence-corrected chi connectivity index (χ3v) is 3.30. The lowest BCUT2D eigenvalue weighted by Gasteiger charge is -2.14. The summed E-state index contributed by atoms with van der Waals surface area (Å²) in [5, 5.41) is 4.16. The highest BCUT2D eigenvalue weighted by atomic mass is 19.4. The van der Waals surface area contributed by atoms with Crippen LogP contribution in [0.25, 0.3) is 5.69 Å². The van der Waals surface area contributed by atoms with Gasteiger partial charge in [-0.25, -0.2) is 4.68 Å². The van der Waals surface area contributed by atoms with Gasteiger partial charge in [0.25, 0.3) is 0 Å². The number of hydrogen-bond donors (Lipinski definition) is 0. The maximum Gasteiger partial charge on any atom is 0.573 e. The van der Waals surface area contributed by atoms with Gasteiger partial charge in [-0.3, -0.25) is 4.79 Å². The van der Waals surface area contributed by atoms with Gasteiger partial charge in [-0.2, -0.15) is 5.10 Å². The SMILES string of the molecule is O=C1CCCc2c1cnn2-c1ccc(OC(F)(F)F)cc1. The summed E-state index contributed by atoms with van der Waals surface area (Å²) in [6, 6.07) is 5.41. The van der Waals surface area contributed by atoms with Gasteiger partial charge in [0.05, 0.1) is 23.1 Å². The van der Waals surface area contributed by atoms with Gasteiger partial charge in [-0.05, 0) is 37.1 Å². The van der Waals surface area contributed by atoms with Crippen LogP contribution in [0.2, 0.25) is 0 Å². The number of carbonyl (C=O) groups is 1. The Morgan fingerprint density at radius 1 is 1.14 bits per heavy atom. The van der Waals surface area contributed by atoms with E-state index in [0.717, 1.165) is 18.5 Å². The molecular formula is C14H11F3N2O2. The van der Waals surface area contributed by atoms with Gasteiger partial charge < -0.3 is 4.74 Å². The molecule has 0 fully saturated rings. The Kier molecular flexibility index (Phi) is 3.19. The van der Waals surface area contributed by atoms with E-state index in [1.807, 2.05) is 0 Å². The van der Waals surface area contributed by atoms with Crippen LogP contribution in [0.5, 0.6) is 5.75 Å². The minimum Gasteiger partial charge on any atom is -0.406 e. The molecule has 0 saturated heterocycles. The summed E-state index contributed by atoms with van der Waals surface area (Å²) in [5.74, 6) is -0.233. The van der Waals surface area contributed by atoms with Crippen molar-refractivity contribution in [2.75, 3.05) is 0 Å². The van der Waals surface area contributed by atoms with Crippen LogP contribution < -0.4 is 4.74 Å². The highest BCUT2D eigenvalue weighted by molar-refractivity contribution is 5.98. The molecule has 0 N–H and O–H groups in total. The van der Waals surface area contributed by atoms with Gasteiger partial charge in [0.15, 0.2) is 5.78 Å². The number of fused-ring (bicyclic) bond motifs is 1. The second-order valence-corrected chi connectivity index (χ2v) is 4.74. The van der Waals surface area contributed by atoms with Gasteiger partial charge in [-0.1, -0.05) is 0 Å². The summed E-state index contributed by atoms with van der Waals surface area (Å²) in [4.78, 5) is 11.7. The van der Waals surface area contributed by atoms with Crippen molar-refractivity contribution in [2.24, 2.45) is 0 Å². The van der Waals surface area contributed by atoms with Crippen LogP contribution >= 0.6 is 0 Å². The van der Waals surface area contributed by atoms with E-state index in [-0.39, 0.29) is 11.5 Å². The van der Waals surface area contributed by atoms with Gasteiger partial charge >= 0.3 is 6.36 Å². The van der Waals surface area contributed by atoms with E-state index < -0.39 is 6.36 Å². The van der Waals surface area contributed by atoms with Crippen LogP contribution in [0, 0.1) is 0 Å². The zero-order chi connectivity index (χ0) is 15.0. The number of aromatic nitrogens is 2. The van der Waals surface area contributed by atoms with Crippen molar-refractivity contribution in [3.63, 3.8) is 0 Å². The zero-order valence-electron chi connectivity index (χ0n) is 10.9. The highest BCUT2D eigenvalue weighted by Gasteiger charge is 2.31. The fourth-order valence-electron chi connectivity index (χ4n) is 2.41. The van der Waals surface area contributed by atoms with E-state index in [1.54, 1.807) is 4.68 Å². The number of ether oxygens (including phenoxy) is 1. The average molecular weight is 296 g/mol. The van der Waals surface area contributed by atoms with Gasteiger partial charge in [0, 0.05) is 6.42 Å². The quantitative estimate of drug-likeness (QED) is 0.854. The Balaban J connectivity index is 1.90. The first-order valence-corrected chi connectivity index (χ1v) is 6.40. The summed E-state index contributed by atoms with van der Waals surface area (Å²) in [6.07, 6.45) is -1.21. The van der Waals surface area contributed by atoms with Crippen molar-refractivity contribution in [1.82, 2.24) is 9.78 Å². The van der Waals surface area contributed by atoms with Crippen molar-refractivity contribution < 1.29 is 22.7 Å². The summed E-state index contributed by atoms with van der Waals surface area (Å²) in [6.45, 7) is 0. The van der Waals surface area contributed by atoms with Crippen LogP contribution in [0.4, 0.5) is 13.2 Å². The molecule has 0 spiro atoms. The number of alkyl halides is 3. The van der Waals surface area contributed by atoms with Crippen molar-refractivity contribution in [1.29, 1.82) is 0 Å². The van der Waals surface area contributed by atoms with Gasteiger partial charge in [0.2, 0.25) is 0 Å². The molecule has 0 unspecified atom stereocenters. The molecule has 21 heavy (non-hydrogen) atoms. The normalized spacial score (nSPS) is 14.9. The lowest BCUT2D eigenvalue weighted by Crippen LogP contribution is -2.17. The van der Waals surface area contributed by atoms with Gasteiger partial charge in [0.1, 0.15) is 5.75 Å². The van der Waals surface area contributed by atoms with Crippen molar-refractivity contribution in [3.05, 3.63) is 41.7 Å². The second kappa shape index (κ2) is 4.91. The standard InChI is InChI=1S/C14H11F3N2O2/c15-14(16,17)21-10-6-4-9(5-7-10)19-12-2-1-3-13(20)11(12)8-18-19/h4-8H,1-3H2. The number of hydrogen-bond acceptors (Lipinski definition) is 3. The predicted octanol–water partition coefficient (Wildman–Crippen LogP) is 3.29. The van der Waals surface area contributed by atoms with Crippen LogP contribution in [-0.2, 0) is 6.42 Å². The molecule has 2 aromatic rings. The minimum atomic E-state index is -4.71. The number of ketones is 1. The highest BCUT2D eigenvalue weighted by Crippen LogP contribution is 2.26. The van der Waals surface area contributed by atoms with E-state index >= 15 is 0 Å². The molecule has 0 saturated carbocycles. The molecule has 0 bridgehead atoms. The molecule has 1 aromatic heterocycles. The molecular weight excluding hydrogens is 285 g/mol. The van der Waals surface area contributed by atoms with E-state index in [2.05, 4.69) is 9.84 Å². The second-order valence-electron chi connectivity index (χ2n) is 4.74. The number of nitrogens with zero attached hydrogens (tertiary/aromatic N) is 2. The Labute approximate surface area is 118 Å². The Morgan fingerprint density at radius 2 is 1.86 bits per heavy atom. The lowest BCUT2D eigenvalue weighted by molar-refractivity contribution is -0.274. The number of benzene rings is 1. The monoisotopic (exact) mass is 296 g/mol. The Bertz CT molecular complexity index is 675. The molecule has 7 heteroatoms. The minimum absolute atomic E-state index is 0.0551. The molecule has 0 aliphatic heterocycles. The summed E-state index contributed by atoms with van der Waals surface area (Å²) in [7, 11) is 0. The largest absolute Gasteiger partial charge is 0.573 e. The first kappa shape index (κ1) is 13.7. The molecule has 1 heterocycles. The van der Waals surface area contributed by atoms with Crippen LogP contribution in [0.1, 0.15) is 28.9 Å². The third-order valence-electron chi connectivity index (χ3n) is 3.30. The van der Waals surface area contributed by atoms with Crippen molar-refractivity contribution >= 4 is 5.78 Å². The molecule has 1 aliphatic rings. The lowest BCUT2D eigenvalue weighted by atomic mass is 9.97. The number of Topliss-reactive ketones (excluding diaryl/α,β-unsaturated/α-hetero) is 1. The first-order chi connectivity index (χ1) is 9.94. The number of halogens is 3. The molecule has 0 atom stereocenters. The summed E-state index contributed by atoms with van der Waals surface area (Å²) < 4.78 is 41.7. The third kappa shape index (κ3) is 2.76. The van der Waals surface area contributed by atoms with E-state index in [0.29, 0.717) is 17.7 Å². The summed E-state index contributed by atoms with van der Waals surface area (Å²) in [5.41, 5.74) is 1.99. The maximum absolute atomic E-state index is 12.1. The van der Waals surface area contributed by atoms with Crippen molar-refractivity contribution in [3.8, 4) is 11.4 Å². The van der Waals surface area contributed by atoms with Crippen LogP contribution in [0.3, 0.4) is 0 Å². The molecule has 3 rings (SSSR count). The topological polar surface area (TPSA) is 44.1 Å². The number of rotatable bonds is 2. The van der Waals surface area contributed by atoms with Crippen LogP contribution in [-0.4, -0.2) is 21.9 Å². The Hall–Kier alpha value is -2.31. The molecule has 110 valence electrons. The fraction of sp³-hybridized carbons (Fsp3) is 0.286. The molecule has 4 nitrogen and oxygen atoms in total. The predicted molar refractivity (Wildman–Crippen MR) is 67.5 cm³/mol. The zero-order valence-corrected chi connectivity index (χ0v) is 10.9. The molecule has 0 radical (unpaired) electrons. The maximum atomic E-state index is 12.1. The van der Waals surface area contributed by atoms with E-state index in [4.69, 9.17) is 0 Å². The average Bonchev–Trinajstić information content (AvgIpc) is 2.83. The first-order valence-electron chi connectivity index (χ1n) is 6.40. The molecule has 1 aliphatic carbocycles. The fourth-order valence-corrected chi connectivity index (χ4v) is 2.41. The van der Waals surface area contributed by atoms with Crippen LogP contribution in [0.15, 0.2) is 30.5 Å². The van der Waals surface area contributed by atoms with Gasteiger partial charge in [-0.15, -0.1) is 13.2 Å². The van der Waals surface area contributed by atoms with E-state index in [9.17, 15) is 18.0 Å². The number of carbonyl (C=O) groups excluding carboxylic acids is 1. The Morgan fingerprint density at radius 3 is 2.52 bits per heavy atom. The summed E-state index contributed by atoms with van der Waals surface area (Å²) >= 11 is 0. The van der Waals surface area contributed by atoms with E-state index in [1.165, 1.54) is 30.5 Å².